The van der Waals surface area contributed by atoms with E-state index in [0.29, 0.717) is 43.6 Å². The molecular formula is C51H68F3N7O10S2. The van der Waals surface area contributed by atoms with E-state index in [1.54, 1.807) is 0 Å². The highest BCUT2D eigenvalue weighted by atomic mass is 32.2. The maximum absolute atomic E-state index is 14.5. The van der Waals surface area contributed by atoms with E-state index in [2.05, 4.69) is 16.0 Å². The zero-order valence-corrected chi connectivity index (χ0v) is 42.9. The Morgan fingerprint density at radius 1 is 0.781 bits per heavy atom. The molecule has 400 valence electrons. The van der Waals surface area contributed by atoms with Gasteiger partial charge in [0, 0.05) is 68.2 Å². The van der Waals surface area contributed by atoms with Crippen molar-refractivity contribution >= 4 is 76.4 Å². The maximum Gasteiger partial charge on any atom is 0.416 e. The van der Waals surface area contributed by atoms with E-state index < -0.39 is 127 Å². The van der Waals surface area contributed by atoms with Crippen molar-refractivity contribution in [3.05, 3.63) is 70.8 Å². The fourth-order valence-corrected chi connectivity index (χ4v) is 11.6. The summed E-state index contributed by atoms with van der Waals surface area (Å²) in [6, 6.07) is 4.76. The third kappa shape index (κ3) is 17.0. The second kappa shape index (κ2) is 27.7. The van der Waals surface area contributed by atoms with E-state index in [1.807, 2.05) is 31.2 Å². The molecule has 3 heterocycles. The quantitative estimate of drug-likeness (QED) is 0.157. The number of carbonyl (C=O) groups excluding carboxylic acids is 9. The summed E-state index contributed by atoms with van der Waals surface area (Å²) >= 11 is 2.75. The molecule has 7 amide bonds. The topological polar surface area (TPSA) is 268 Å². The van der Waals surface area contributed by atoms with E-state index in [1.165, 1.54) is 46.3 Å². The first-order valence-electron chi connectivity index (χ1n) is 24.9. The van der Waals surface area contributed by atoms with Crippen molar-refractivity contribution in [2.45, 2.75) is 151 Å². The molecule has 0 radical (unpaired) electrons. The molecule has 8 N–H and O–H groups in total. The average molecular weight is 1060 g/mol. The van der Waals surface area contributed by atoms with Crippen molar-refractivity contribution in [2.24, 2.45) is 23.3 Å². The summed E-state index contributed by atoms with van der Waals surface area (Å²) in [6.07, 6.45) is -4.57. The van der Waals surface area contributed by atoms with Gasteiger partial charge in [-0.15, -0.1) is 0 Å². The maximum atomic E-state index is 14.5. The minimum Gasteiger partial charge on any atom is -0.391 e. The van der Waals surface area contributed by atoms with Crippen LogP contribution in [0.5, 0.6) is 0 Å². The molecule has 8 atom stereocenters. The first-order valence-corrected chi connectivity index (χ1v) is 27.2. The zero-order valence-electron chi connectivity index (χ0n) is 41.3. The van der Waals surface area contributed by atoms with E-state index in [-0.39, 0.29) is 54.7 Å². The Labute approximate surface area is 432 Å². The predicted molar refractivity (Wildman–Crippen MR) is 269 cm³/mol. The Morgan fingerprint density at radius 2 is 1.41 bits per heavy atom. The number of unbranched alkanes of at least 4 members (excludes halogenated alkanes) is 2. The molecule has 2 aromatic rings. The number of aliphatic hydroxyl groups excluding tert-OH is 1. The lowest BCUT2D eigenvalue weighted by Gasteiger charge is -2.33. The highest BCUT2D eigenvalue weighted by Gasteiger charge is 2.45. The van der Waals surface area contributed by atoms with Gasteiger partial charge in [-0.05, 0) is 68.2 Å². The number of nitrogens with two attached hydrogens (primary N) is 2. The molecule has 0 aromatic heterocycles. The molecule has 0 unspecified atom stereocenters. The number of amides is 7. The lowest BCUT2D eigenvalue weighted by atomic mass is 9.92. The summed E-state index contributed by atoms with van der Waals surface area (Å²) in [7, 11) is 0. The lowest BCUT2D eigenvalue weighted by Crippen LogP contribution is -2.61. The van der Waals surface area contributed by atoms with Crippen LogP contribution in [0.2, 0.25) is 0 Å². The SMILES string of the molecule is CCCCCC(=O)C[C@H]1CSCc2cccc(c2)CSC[C@@H](C(N)=O)CC(=O)[C@H](Cc2ccccc2C(F)(F)F)NC(=O)[C@H](CCC(N)=O)NC(=O)[C@H]([C@@H](C)O)NC(=O)[C@@H]2CCCN2C(=O)[C@@H]2CCCN2C1=O. The number of carbonyl (C=O) groups is 9. The molecule has 5 rings (SSSR count). The van der Waals surface area contributed by atoms with Gasteiger partial charge in [0.25, 0.3) is 0 Å². The van der Waals surface area contributed by atoms with Gasteiger partial charge < -0.3 is 42.3 Å². The van der Waals surface area contributed by atoms with E-state index in [4.69, 9.17) is 11.5 Å². The number of rotatable bonds is 13. The number of Topliss-reactive ketones (excluding diaryl/α,β-unsaturated/α-hetero) is 2. The largest absolute Gasteiger partial charge is 0.416 e. The van der Waals surface area contributed by atoms with Gasteiger partial charge in [-0.25, -0.2) is 0 Å². The normalized spacial score (nSPS) is 25.1. The molecule has 22 heteroatoms. The molecule has 3 aliphatic heterocycles. The summed E-state index contributed by atoms with van der Waals surface area (Å²) in [5, 5.41) is 18.2. The van der Waals surface area contributed by atoms with E-state index in [0.717, 1.165) is 42.2 Å². The highest BCUT2D eigenvalue weighted by molar-refractivity contribution is 7.98. The standard InChI is InChI=1S/C51H68F3N7O10S2/c1-3-4-5-14-36(63)23-35-29-73-27-32-12-8-11-31(22-32)26-72-28-34(45(56)66)25-42(64)39(24-33-13-6-7-15-37(33)51(52,53)54)58-46(67)38(18-19-43(55)65)57-48(69)44(30(2)62)59-47(68)40-16-9-20-60(40)50(71)41-17-10-21-61(41)49(35)70/h6-8,11-13,15,22,30,34-35,38-41,44,62H,3-5,9-10,14,16-21,23-29H2,1-2H3,(H2,55,65)(H2,56,66)(H,57,69)(H,58,67)(H,59,68)/t30-,34+,35+,38+,39+,40+,41+,44+/m1/s1. The van der Waals surface area contributed by atoms with Gasteiger partial charge in [0.05, 0.1) is 29.5 Å². The Balaban J connectivity index is 1.50. The molecule has 0 spiro atoms. The molecule has 2 aromatic carbocycles. The van der Waals surface area contributed by atoms with Crippen LogP contribution in [0.1, 0.15) is 113 Å². The molecule has 0 aliphatic carbocycles. The van der Waals surface area contributed by atoms with Crippen LogP contribution in [0, 0.1) is 11.8 Å². The van der Waals surface area contributed by atoms with Gasteiger partial charge in [-0.2, -0.15) is 36.7 Å². The molecule has 17 nitrogen and oxygen atoms in total. The van der Waals surface area contributed by atoms with Crippen LogP contribution in [0.25, 0.3) is 0 Å². The summed E-state index contributed by atoms with van der Waals surface area (Å²) in [5.41, 5.74) is 11.5. The van der Waals surface area contributed by atoms with Gasteiger partial charge in [0.15, 0.2) is 5.78 Å². The zero-order chi connectivity index (χ0) is 53.4. The van der Waals surface area contributed by atoms with Crippen molar-refractivity contribution in [3.8, 4) is 0 Å². The van der Waals surface area contributed by atoms with Crippen LogP contribution in [0.4, 0.5) is 13.2 Å². The van der Waals surface area contributed by atoms with Gasteiger partial charge in [0.2, 0.25) is 41.4 Å². The first kappa shape index (κ1) is 58.4. The minimum absolute atomic E-state index is 0.00262. The molecule has 0 saturated carbocycles. The minimum atomic E-state index is -4.86. The van der Waals surface area contributed by atoms with Crippen LogP contribution < -0.4 is 27.4 Å². The molecule has 2 saturated heterocycles. The number of thioether (sulfide) groups is 2. The molecular weight excluding hydrogens is 992 g/mol. The average Bonchev–Trinajstić information content (AvgIpc) is 4.04. The van der Waals surface area contributed by atoms with Crippen molar-refractivity contribution in [1.82, 2.24) is 25.8 Å². The summed E-state index contributed by atoms with van der Waals surface area (Å²) in [6.45, 7) is 3.64. The number of halogens is 3. The molecule has 2 bridgehead atoms. The third-order valence-corrected chi connectivity index (χ3v) is 15.7. The number of primary amides is 2. The van der Waals surface area contributed by atoms with Crippen LogP contribution in [0.3, 0.4) is 0 Å². The summed E-state index contributed by atoms with van der Waals surface area (Å²) in [4.78, 5) is 126. The van der Waals surface area contributed by atoms with Crippen molar-refractivity contribution in [2.75, 3.05) is 24.6 Å². The predicted octanol–water partition coefficient (Wildman–Crippen LogP) is 3.73. The van der Waals surface area contributed by atoms with Crippen LogP contribution in [-0.2, 0) is 67.3 Å². The van der Waals surface area contributed by atoms with Gasteiger partial charge in [-0.1, -0.05) is 62.2 Å². The lowest BCUT2D eigenvalue weighted by molar-refractivity contribution is -0.148. The third-order valence-electron chi connectivity index (χ3n) is 13.4. The number of ketones is 2. The molecule has 73 heavy (non-hydrogen) atoms. The molecule has 2 fully saturated rings. The Hall–Kier alpha value is -5.48. The second-order valence-electron chi connectivity index (χ2n) is 19.1. The highest BCUT2D eigenvalue weighted by Crippen LogP contribution is 2.33. The number of alkyl halides is 3. The number of benzene rings is 2. The number of fused-ring (bicyclic) bond motifs is 4. The first-order chi connectivity index (χ1) is 34.7. The van der Waals surface area contributed by atoms with E-state index >= 15 is 0 Å². The van der Waals surface area contributed by atoms with Crippen LogP contribution in [0.15, 0.2) is 48.5 Å². The van der Waals surface area contributed by atoms with Gasteiger partial charge in [-0.3, -0.25) is 43.2 Å². The summed E-state index contributed by atoms with van der Waals surface area (Å²) < 4.78 is 42.8. The fraction of sp³-hybridized carbons (Fsp3) is 0.588. The number of aliphatic hydroxyl groups is 1. The second-order valence-corrected chi connectivity index (χ2v) is 21.2. The van der Waals surface area contributed by atoms with Gasteiger partial charge >= 0.3 is 6.18 Å². The molecule has 3 aliphatic rings. The van der Waals surface area contributed by atoms with Crippen LogP contribution >= 0.6 is 23.5 Å². The monoisotopic (exact) mass is 1060 g/mol. The van der Waals surface area contributed by atoms with Crippen molar-refractivity contribution in [3.63, 3.8) is 0 Å². The number of nitrogens with one attached hydrogen (secondary N) is 3. The van der Waals surface area contributed by atoms with E-state index in [9.17, 15) is 61.4 Å². The van der Waals surface area contributed by atoms with Crippen LogP contribution in [-0.4, -0.2) is 129 Å². The fourth-order valence-electron chi connectivity index (χ4n) is 9.44. The van der Waals surface area contributed by atoms with Gasteiger partial charge in [0.1, 0.15) is 30.0 Å². The number of hydrogen-bond donors (Lipinski definition) is 6. The summed E-state index contributed by atoms with van der Waals surface area (Å²) in [5.74, 6) is -7.30. The Morgan fingerprint density at radius 3 is 2.04 bits per heavy atom. The van der Waals surface area contributed by atoms with Crippen molar-refractivity contribution < 1.29 is 61.4 Å². The Bertz CT molecular complexity index is 2320. The number of hydrogen-bond acceptors (Lipinski definition) is 12. The number of nitrogens with zero attached hydrogens (tertiary/aromatic N) is 2. The Kier molecular flexibility index (Phi) is 22.2. The smallest absolute Gasteiger partial charge is 0.391 e. The van der Waals surface area contributed by atoms with Crippen molar-refractivity contribution in [1.29, 1.82) is 0 Å².